The van der Waals surface area contributed by atoms with Crippen molar-refractivity contribution in [1.29, 1.82) is 0 Å². The van der Waals surface area contributed by atoms with Gasteiger partial charge in [0, 0.05) is 18.8 Å². The maximum Gasteiger partial charge on any atom is 0.258 e. The number of carbonyl (C=O) groups is 1. The summed E-state index contributed by atoms with van der Waals surface area (Å²) in [6, 6.07) is 15.6. The summed E-state index contributed by atoms with van der Waals surface area (Å²) < 4.78 is 11.0. The Kier molecular flexibility index (Phi) is 6.01. The summed E-state index contributed by atoms with van der Waals surface area (Å²) in [5.41, 5.74) is 2.01. The second kappa shape index (κ2) is 8.44. The molecule has 0 aliphatic carbocycles. The predicted octanol–water partition coefficient (Wildman–Crippen LogP) is 4.25. The van der Waals surface area contributed by atoms with Crippen molar-refractivity contribution in [3.63, 3.8) is 0 Å². The fourth-order valence-electron chi connectivity index (χ4n) is 3.47. The SMILES string of the molecule is CCCN1C(=O)c2ccccc2NC1(C)c1ccc(OCCOCC)cc1. The van der Waals surface area contributed by atoms with Gasteiger partial charge >= 0.3 is 0 Å². The third-order valence-electron chi connectivity index (χ3n) is 4.88. The van der Waals surface area contributed by atoms with Crippen molar-refractivity contribution in [2.75, 3.05) is 31.7 Å². The van der Waals surface area contributed by atoms with E-state index in [-0.39, 0.29) is 5.91 Å². The second-order valence-corrected chi connectivity index (χ2v) is 6.77. The molecular weight excluding hydrogens is 340 g/mol. The van der Waals surface area contributed by atoms with E-state index in [1.807, 2.05) is 60.4 Å². The molecule has 0 spiro atoms. The van der Waals surface area contributed by atoms with Gasteiger partial charge in [-0.1, -0.05) is 31.2 Å². The lowest BCUT2D eigenvalue weighted by Crippen LogP contribution is -2.56. The van der Waals surface area contributed by atoms with E-state index >= 15 is 0 Å². The van der Waals surface area contributed by atoms with E-state index in [9.17, 15) is 4.79 Å². The fourth-order valence-corrected chi connectivity index (χ4v) is 3.47. The van der Waals surface area contributed by atoms with Crippen LogP contribution in [0.1, 0.15) is 43.1 Å². The Labute approximate surface area is 161 Å². The Morgan fingerprint density at radius 3 is 2.48 bits per heavy atom. The monoisotopic (exact) mass is 368 g/mol. The molecule has 1 unspecified atom stereocenters. The summed E-state index contributed by atoms with van der Waals surface area (Å²) in [6.45, 7) is 8.58. The van der Waals surface area contributed by atoms with Crippen LogP contribution in [0.4, 0.5) is 5.69 Å². The number of benzene rings is 2. The minimum Gasteiger partial charge on any atom is -0.491 e. The van der Waals surface area contributed by atoms with E-state index in [0.29, 0.717) is 26.4 Å². The summed E-state index contributed by atoms with van der Waals surface area (Å²) >= 11 is 0. The first-order chi connectivity index (χ1) is 13.1. The van der Waals surface area contributed by atoms with Crippen molar-refractivity contribution in [3.05, 3.63) is 59.7 Å². The van der Waals surface area contributed by atoms with Crippen molar-refractivity contribution in [1.82, 2.24) is 4.90 Å². The van der Waals surface area contributed by atoms with Crippen LogP contribution in [0.25, 0.3) is 0 Å². The number of amides is 1. The Morgan fingerprint density at radius 2 is 1.78 bits per heavy atom. The highest BCUT2D eigenvalue weighted by Crippen LogP contribution is 2.38. The van der Waals surface area contributed by atoms with Crippen LogP contribution < -0.4 is 10.1 Å². The lowest BCUT2D eigenvalue weighted by atomic mass is 9.93. The number of nitrogens with zero attached hydrogens (tertiary/aromatic N) is 1. The van der Waals surface area contributed by atoms with Gasteiger partial charge < -0.3 is 19.7 Å². The molecule has 144 valence electrons. The molecule has 5 nitrogen and oxygen atoms in total. The third kappa shape index (κ3) is 3.93. The van der Waals surface area contributed by atoms with Crippen molar-refractivity contribution in [3.8, 4) is 5.75 Å². The highest BCUT2D eigenvalue weighted by atomic mass is 16.5. The van der Waals surface area contributed by atoms with Crippen LogP contribution >= 0.6 is 0 Å². The Morgan fingerprint density at radius 1 is 1.04 bits per heavy atom. The first kappa shape index (κ1) is 19.2. The quantitative estimate of drug-likeness (QED) is 0.708. The number of anilines is 1. The van der Waals surface area contributed by atoms with Gasteiger partial charge in [-0.15, -0.1) is 0 Å². The maximum atomic E-state index is 13.1. The third-order valence-corrected chi connectivity index (χ3v) is 4.88. The lowest BCUT2D eigenvalue weighted by molar-refractivity contribution is 0.0535. The molecule has 2 aromatic rings. The standard InChI is InChI=1S/C22H28N2O3/c1-4-14-24-21(25)19-8-6-7-9-20(19)23-22(24,3)17-10-12-18(13-11-17)27-16-15-26-5-2/h6-13,23H,4-5,14-16H2,1-3H3. The van der Waals surface area contributed by atoms with E-state index in [1.54, 1.807) is 0 Å². The van der Waals surface area contributed by atoms with Crippen molar-refractivity contribution < 1.29 is 14.3 Å². The Bertz CT molecular complexity index is 775. The second-order valence-electron chi connectivity index (χ2n) is 6.77. The molecule has 1 heterocycles. The van der Waals surface area contributed by atoms with Crippen LogP contribution in [0.2, 0.25) is 0 Å². The molecule has 1 aliphatic rings. The molecule has 0 radical (unpaired) electrons. The van der Waals surface area contributed by atoms with E-state index < -0.39 is 5.66 Å². The van der Waals surface area contributed by atoms with Crippen LogP contribution in [0, 0.1) is 0 Å². The molecule has 0 bridgehead atoms. The molecule has 0 saturated heterocycles. The zero-order valence-corrected chi connectivity index (χ0v) is 16.3. The topological polar surface area (TPSA) is 50.8 Å². The molecule has 1 atom stereocenters. The molecule has 1 aliphatic heterocycles. The highest BCUT2D eigenvalue weighted by Gasteiger charge is 2.41. The van der Waals surface area contributed by atoms with E-state index in [2.05, 4.69) is 19.2 Å². The van der Waals surface area contributed by atoms with Gasteiger partial charge in [0.2, 0.25) is 0 Å². The van der Waals surface area contributed by atoms with E-state index in [4.69, 9.17) is 9.47 Å². The number of carbonyl (C=O) groups excluding carboxylic acids is 1. The van der Waals surface area contributed by atoms with Gasteiger partial charge in [-0.05, 0) is 50.1 Å². The minimum atomic E-state index is -0.606. The number of ether oxygens (including phenoxy) is 2. The van der Waals surface area contributed by atoms with Crippen molar-refractivity contribution >= 4 is 11.6 Å². The van der Waals surface area contributed by atoms with E-state index in [0.717, 1.165) is 29.0 Å². The van der Waals surface area contributed by atoms with Crippen LogP contribution in [0.3, 0.4) is 0 Å². The largest absolute Gasteiger partial charge is 0.491 e. The molecule has 0 aromatic heterocycles. The molecule has 27 heavy (non-hydrogen) atoms. The van der Waals surface area contributed by atoms with Gasteiger partial charge in [-0.25, -0.2) is 0 Å². The zero-order valence-electron chi connectivity index (χ0n) is 16.3. The fraction of sp³-hybridized carbons (Fsp3) is 0.409. The number of rotatable bonds is 8. The summed E-state index contributed by atoms with van der Waals surface area (Å²) in [6.07, 6.45) is 0.893. The summed E-state index contributed by atoms with van der Waals surface area (Å²) in [7, 11) is 0. The van der Waals surface area contributed by atoms with Crippen LogP contribution in [0.5, 0.6) is 5.75 Å². The predicted molar refractivity (Wildman–Crippen MR) is 107 cm³/mol. The van der Waals surface area contributed by atoms with Crippen LogP contribution in [-0.2, 0) is 10.4 Å². The molecule has 5 heteroatoms. The molecule has 0 fully saturated rings. The average molecular weight is 368 g/mol. The van der Waals surface area contributed by atoms with Crippen molar-refractivity contribution in [2.24, 2.45) is 0 Å². The molecule has 2 aromatic carbocycles. The number of hydrogen-bond acceptors (Lipinski definition) is 4. The van der Waals surface area contributed by atoms with Gasteiger partial charge in [0.25, 0.3) is 5.91 Å². The Hall–Kier alpha value is -2.53. The number of para-hydroxylation sites is 1. The smallest absolute Gasteiger partial charge is 0.258 e. The van der Waals surface area contributed by atoms with Gasteiger partial charge in [0.15, 0.2) is 0 Å². The molecule has 3 rings (SSSR count). The zero-order chi connectivity index (χ0) is 19.3. The Balaban J connectivity index is 1.85. The van der Waals surface area contributed by atoms with Gasteiger partial charge in [0.05, 0.1) is 12.2 Å². The normalized spacial score (nSPS) is 18.8. The molecular formula is C22H28N2O3. The van der Waals surface area contributed by atoms with Crippen LogP contribution in [0.15, 0.2) is 48.5 Å². The number of fused-ring (bicyclic) bond motifs is 1. The average Bonchev–Trinajstić information content (AvgIpc) is 2.69. The molecule has 1 amide bonds. The minimum absolute atomic E-state index is 0.0609. The maximum absolute atomic E-state index is 13.1. The first-order valence-corrected chi connectivity index (χ1v) is 9.60. The van der Waals surface area contributed by atoms with Gasteiger partial charge in [-0.3, -0.25) is 4.79 Å². The number of nitrogens with one attached hydrogen (secondary N) is 1. The summed E-state index contributed by atoms with van der Waals surface area (Å²) in [5.74, 6) is 0.859. The van der Waals surface area contributed by atoms with E-state index in [1.165, 1.54) is 0 Å². The molecule has 0 saturated carbocycles. The number of hydrogen-bond donors (Lipinski definition) is 1. The summed E-state index contributed by atoms with van der Waals surface area (Å²) in [5, 5.41) is 3.58. The van der Waals surface area contributed by atoms with Crippen LogP contribution in [-0.4, -0.2) is 37.2 Å². The summed E-state index contributed by atoms with van der Waals surface area (Å²) in [4.78, 5) is 15.0. The van der Waals surface area contributed by atoms with Gasteiger partial charge in [0.1, 0.15) is 18.0 Å². The highest BCUT2D eigenvalue weighted by molar-refractivity contribution is 6.02. The lowest BCUT2D eigenvalue weighted by Gasteiger charge is -2.46. The van der Waals surface area contributed by atoms with Gasteiger partial charge in [-0.2, -0.15) is 0 Å². The molecule has 1 N–H and O–H groups in total. The first-order valence-electron chi connectivity index (χ1n) is 9.60. The van der Waals surface area contributed by atoms with Crippen molar-refractivity contribution in [2.45, 2.75) is 32.9 Å².